The lowest BCUT2D eigenvalue weighted by atomic mass is 9.85. The summed E-state index contributed by atoms with van der Waals surface area (Å²) >= 11 is 0. The molecule has 8 nitrogen and oxygen atoms in total. The van der Waals surface area contributed by atoms with Gasteiger partial charge >= 0.3 is 6.18 Å². The number of alkyl halides is 3. The van der Waals surface area contributed by atoms with Crippen LogP contribution in [0.15, 0.2) is 30.5 Å². The molecule has 36 heavy (non-hydrogen) atoms. The van der Waals surface area contributed by atoms with Crippen LogP contribution in [0.25, 0.3) is 0 Å². The van der Waals surface area contributed by atoms with Gasteiger partial charge in [0.25, 0.3) is 5.91 Å². The highest BCUT2D eigenvalue weighted by Crippen LogP contribution is 2.46. The number of rotatable bonds is 5. The molecule has 2 aliphatic carbocycles. The van der Waals surface area contributed by atoms with E-state index in [2.05, 4.69) is 30.4 Å². The number of halogens is 3. The molecule has 0 bridgehead atoms. The number of carbonyl (C=O) groups excluding carboxylic acids is 1. The van der Waals surface area contributed by atoms with Gasteiger partial charge in [0.2, 0.25) is 0 Å². The summed E-state index contributed by atoms with van der Waals surface area (Å²) in [5.41, 5.74) is 1.29. The second-order valence-electron chi connectivity index (χ2n) is 10.3. The van der Waals surface area contributed by atoms with Crippen LogP contribution in [0.4, 0.5) is 13.2 Å². The maximum absolute atomic E-state index is 13.6. The molecule has 3 heterocycles. The topological polar surface area (TPSA) is 92.6 Å². The van der Waals surface area contributed by atoms with Gasteiger partial charge in [-0.25, -0.2) is 5.10 Å². The molecule has 0 unspecified atom stereocenters. The lowest BCUT2D eigenvalue weighted by molar-refractivity contribution is -0.138. The Morgan fingerprint density at radius 3 is 2.42 bits per heavy atom. The summed E-state index contributed by atoms with van der Waals surface area (Å²) in [5.74, 6) is 1.01. The van der Waals surface area contributed by atoms with Crippen molar-refractivity contribution in [3.63, 3.8) is 0 Å². The molecule has 1 saturated heterocycles. The quantitative estimate of drug-likeness (QED) is 0.543. The molecule has 1 aromatic carbocycles. The van der Waals surface area contributed by atoms with Gasteiger partial charge in [0.05, 0.1) is 29.1 Å². The van der Waals surface area contributed by atoms with Gasteiger partial charge in [0.15, 0.2) is 5.82 Å². The smallest absolute Gasteiger partial charge is 0.338 e. The van der Waals surface area contributed by atoms with Crippen molar-refractivity contribution >= 4 is 5.91 Å². The Morgan fingerprint density at radius 1 is 0.972 bits per heavy atom. The van der Waals surface area contributed by atoms with Gasteiger partial charge in [0.1, 0.15) is 0 Å². The van der Waals surface area contributed by atoms with Gasteiger partial charge in [-0.05, 0) is 67.0 Å². The van der Waals surface area contributed by atoms with Crippen molar-refractivity contribution in [1.82, 2.24) is 35.3 Å². The van der Waals surface area contributed by atoms with Crippen LogP contribution in [0.3, 0.4) is 0 Å². The molecule has 1 atom stereocenters. The molecule has 2 aromatic heterocycles. The van der Waals surface area contributed by atoms with E-state index in [1.807, 2.05) is 0 Å². The third-order valence-electron chi connectivity index (χ3n) is 8.00. The fourth-order valence-corrected chi connectivity index (χ4v) is 6.00. The minimum absolute atomic E-state index is 0.114. The minimum atomic E-state index is -4.41. The van der Waals surface area contributed by atoms with Crippen LogP contribution in [0, 0.1) is 0 Å². The molecular weight excluding hydrogens is 471 g/mol. The number of carbonyl (C=O) groups is 1. The lowest BCUT2D eigenvalue weighted by Crippen LogP contribution is -2.29. The van der Waals surface area contributed by atoms with Crippen molar-refractivity contribution in [2.75, 3.05) is 13.1 Å². The first-order valence-electron chi connectivity index (χ1n) is 12.7. The summed E-state index contributed by atoms with van der Waals surface area (Å²) in [4.78, 5) is 15.3. The van der Waals surface area contributed by atoms with E-state index in [0.29, 0.717) is 30.4 Å². The summed E-state index contributed by atoms with van der Waals surface area (Å²) < 4.78 is 42.7. The van der Waals surface area contributed by atoms with Crippen LogP contribution in [-0.2, 0) is 6.18 Å². The maximum Gasteiger partial charge on any atom is 0.416 e. The summed E-state index contributed by atoms with van der Waals surface area (Å²) in [6.07, 6.45) is 3.62. The molecular formula is C25H28F3N7O. The number of tetrazole rings is 1. The van der Waals surface area contributed by atoms with Crippen LogP contribution in [0.1, 0.15) is 102 Å². The van der Waals surface area contributed by atoms with E-state index in [4.69, 9.17) is 0 Å². The molecule has 0 radical (unpaired) electrons. The highest BCUT2D eigenvalue weighted by atomic mass is 19.4. The van der Waals surface area contributed by atoms with E-state index < -0.39 is 11.7 Å². The Labute approximate surface area is 206 Å². The van der Waals surface area contributed by atoms with Gasteiger partial charge in [-0.2, -0.15) is 18.3 Å². The van der Waals surface area contributed by atoms with Crippen LogP contribution in [0.5, 0.6) is 0 Å². The standard InChI is InChI=1S/C25H28F3N7O/c26-25(27,28)21-4-2-1-3-19(21)17-11-12-34(14-17)24(36)20-13-29-35(22(20)15-5-6-15)18-9-7-16(8-10-18)23-30-32-33-31-23/h1-4,13,15-18H,5-12,14H2,(H,30,31,32,33)/t16-,17-,18-/m1/s1. The van der Waals surface area contributed by atoms with Crippen molar-refractivity contribution in [3.8, 4) is 0 Å². The summed E-state index contributed by atoms with van der Waals surface area (Å²) in [5, 5.41) is 19.0. The summed E-state index contributed by atoms with van der Waals surface area (Å²) in [7, 11) is 0. The molecule has 0 spiro atoms. The van der Waals surface area contributed by atoms with Gasteiger partial charge in [-0.15, -0.1) is 5.10 Å². The Kier molecular flexibility index (Phi) is 5.80. The number of amides is 1. The SMILES string of the molecule is O=C(c1cnn([C@H]2CC[C@H](c3nnn[nH]3)CC2)c1C1CC1)N1CC[C@@H](c2ccccc2C(F)(F)F)C1. The normalized spacial score (nSPS) is 24.9. The molecule has 3 aliphatic rings. The summed E-state index contributed by atoms with van der Waals surface area (Å²) in [6.45, 7) is 0.735. The van der Waals surface area contributed by atoms with E-state index in [1.165, 1.54) is 6.07 Å². The zero-order valence-electron chi connectivity index (χ0n) is 19.8. The maximum atomic E-state index is 13.6. The van der Waals surface area contributed by atoms with E-state index in [-0.39, 0.29) is 30.0 Å². The van der Waals surface area contributed by atoms with E-state index in [0.717, 1.165) is 56.1 Å². The van der Waals surface area contributed by atoms with Crippen LogP contribution in [-0.4, -0.2) is 54.3 Å². The zero-order chi connectivity index (χ0) is 24.9. The number of nitrogens with zero attached hydrogens (tertiary/aromatic N) is 6. The summed E-state index contributed by atoms with van der Waals surface area (Å²) in [6, 6.07) is 5.94. The third-order valence-corrected chi connectivity index (χ3v) is 8.00. The highest BCUT2D eigenvalue weighted by molar-refractivity contribution is 5.95. The van der Waals surface area contributed by atoms with E-state index in [1.54, 1.807) is 23.2 Å². The van der Waals surface area contributed by atoms with Gasteiger partial charge in [-0.1, -0.05) is 18.2 Å². The number of H-pyrrole nitrogens is 1. The molecule has 3 fully saturated rings. The van der Waals surface area contributed by atoms with Gasteiger partial charge < -0.3 is 4.90 Å². The lowest BCUT2D eigenvalue weighted by Gasteiger charge is -2.28. The molecule has 11 heteroatoms. The molecule has 190 valence electrons. The number of likely N-dealkylation sites (tertiary alicyclic amines) is 1. The molecule has 2 saturated carbocycles. The fourth-order valence-electron chi connectivity index (χ4n) is 6.00. The third kappa shape index (κ3) is 4.28. The first-order valence-corrected chi connectivity index (χ1v) is 12.7. The monoisotopic (exact) mass is 499 g/mol. The van der Waals surface area contributed by atoms with E-state index >= 15 is 0 Å². The molecule has 3 aromatic rings. The number of aromatic nitrogens is 6. The van der Waals surface area contributed by atoms with Gasteiger partial charge in [0, 0.05) is 30.8 Å². The zero-order valence-corrected chi connectivity index (χ0v) is 19.8. The predicted molar refractivity (Wildman–Crippen MR) is 123 cm³/mol. The largest absolute Gasteiger partial charge is 0.416 e. The average molecular weight is 500 g/mol. The first-order chi connectivity index (χ1) is 17.4. The minimum Gasteiger partial charge on any atom is -0.338 e. The first kappa shape index (κ1) is 23.2. The Bertz CT molecular complexity index is 1230. The van der Waals surface area contributed by atoms with Crippen LogP contribution >= 0.6 is 0 Å². The molecule has 6 rings (SSSR count). The van der Waals surface area contributed by atoms with Gasteiger partial charge in [-0.3, -0.25) is 9.48 Å². The van der Waals surface area contributed by atoms with Crippen molar-refractivity contribution in [2.24, 2.45) is 0 Å². The average Bonchev–Trinajstić information content (AvgIpc) is 3.29. The second-order valence-corrected chi connectivity index (χ2v) is 10.3. The van der Waals surface area contributed by atoms with Crippen LogP contribution < -0.4 is 0 Å². The second kappa shape index (κ2) is 9.01. The van der Waals surface area contributed by atoms with Crippen LogP contribution in [0.2, 0.25) is 0 Å². The number of hydrogen-bond donors (Lipinski definition) is 1. The highest BCUT2D eigenvalue weighted by Gasteiger charge is 2.40. The van der Waals surface area contributed by atoms with Crippen molar-refractivity contribution < 1.29 is 18.0 Å². The number of aromatic amines is 1. The Balaban J connectivity index is 1.19. The molecule has 1 amide bonds. The van der Waals surface area contributed by atoms with Crippen molar-refractivity contribution in [3.05, 3.63) is 58.7 Å². The Hall–Kier alpha value is -3.24. The van der Waals surface area contributed by atoms with E-state index in [9.17, 15) is 18.0 Å². The number of benzene rings is 1. The fraction of sp³-hybridized carbons (Fsp3) is 0.560. The number of hydrogen-bond acceptors (Lipinski definition) is 5. The van der Waals surface area contributed by atoms with Crippen molar-refractivity contribution in [2.45, 2.75) is 74.9 Å². The van der Waals surface area contributed by atoms with Crippen molar-refractivity contribution in [1.29, 1.82) is 0 Å². The molecule has 1 N–H and O–H groups in total. The predicted octanol–water partition coefficient (Wildman–Crippen LogP) is 4.82. The molecule has 1 aliphatic heterocycles. The Morgan fingerprint density at radius 2 is 1.72 bits per heavy atom. The number of nitrogens with one attached hydrogen (secondary N) is 1.